The molecular weight excluding hydrogens is 899 g/mol. The molecular formula is C69H43N5. The van der Waals surface area contributed by atoms with Crippen molar-refractivity contribution in [1.82, 2.24) is 24.1 Å². The first-order valence-corrected chi connectivity index (χ1v) is 25.2. The van der Waals surface area contributed by atoms with Crippen LogP contribution in [0.2, 0.25) is 0 Å². The molecule has 0 aliphatic heterocycles. The maximum absolute atomic E-state index is 5.52. The number of para-hydroxylation sites is 2. The minimum Gasteiger partial charge on any atom is -0.309 e. The van der Waals surface area contributed by atoms with Crippen molar-refractivity contribution in [3.05, 3.63) is 261 Å². The molecule has 5 nitrogen and oxygen atoms in total. The fourth-order valence-electron chi connectivity index (χ4n) is 11.5. The van der Waals surface area contributed by atoms with Crippen LogP contribution in [0.15, 0.2) is 261 Å². The summed E-state index contributed by atoms with van der Waals surface area (Å²) in [6.45, 7) is 0. The van der Waals surface area contributed by atoms with Gasteiger partial charge in [0, 0.05) is 54.9 Å². The zero-order valence-corrected chi connectivity index (χ0v) is 40.1. The van der Waals surface area contributed by atoms with Crippen LogP contribution >= 0.6 is 0 Å². The number of fused-ring (bicyclic) bond motifs is 10. The molecule has 0 unspecified atom stereocenters. The maximum atomic E-state index is 5.52. The average molecular weight is 942 g/mol. The molecule has 12 aromatic carbocycles. The van der Waals surface area contributed by atoms with E-state index in [0.717, 1.165) is 77.6 Å². The summed E-state index contributed by atoms with van der Waals surface area (Å²) in [7, 11) is 0. The van der Waals surface area contributed by atoms with E-state index in [4.69, 9.17) is 15.0 Å². The minimum atomic E-state index is 0.599. The van der Waals surface area contributed by atoms with Crippen molar-refractivity contribution in [2.24, 2.45) is 0 Å². The SMILES string of the molecule is c1ccc(-c2ccc(-c3cc(-c4nc(-c5ccccc5)nc(-c5ccc6c7ccccc7n(-c7ccccc7)c6c5)n4)c4ccccc4c3-n3c4cc5ccccc5cc4c4c5ccccc5ccc43)cc2)cc1. The Labute approximate surface area is 426 Å². The van der Waals surface area contributed by atoms with Crippen molar-refractivity contribution < 1.29 is 0 Å². The van der Waals surface area contributed by atoms with Gasteiger partial charge < -0.3 is 9.13 Å². The Kier molecular flexibility index (Phi) is 9.50. The Bertz CT molecular complexity index is 4690. The smallest absolute Gasteiger partial charge is 0.164 e. The van der Waals surface area contributed by atoms with Crippen molar-refractivity contribution in [3.63, 3.8) is 0 Å². The summed E-state index contributed by atoms with van der Waals surface area (Å²) in [6, 6.07) is 93.7. The lowest BCUT2D eigenvalue weighted by Crippen LogP contribution is -2.04. The van der Waals surface area contributed by atoms with Crippen molar-refractivity contribution in [1.29, 1.82) is 0 Å². The number of hydrogen-bond donors (Lipinski definition) is 0. The van der Waals surface area contributed by atoms with Crippen molar-refractivity contribution in [2.75, 3.05) is 0 Å². The lowest BCUT2D eigenvalue weighted by Gasteiger charge is -2.20. The number of hydrogen-bond acceptors (Lipinski definition) is 3. The number of benzene rings is 12. The van der Waals surface area contributed by atoms with Crippen molar-refractivity contribution >= 4 is 75.9 Å². The summed E-state index contributed by atoms with van der Waals surface area (Å²) < 4.78 is 4.86. The molecule has 0 aliphatic rings. The van der Waals surface area contributed by atoms with Gasteiger partial charge in [-0.2, -0.15) is 0 Å². The molecule has 0 radical (unpaired) electrons. The molecule has 0 fully saturated rings. The summed E-state index contributed by atoms with van der Waals surface area (Å²) in [6.07, 6.45) is 0. The third-order valence-corrected chi connectivity index (χ3v) is 14.9. The first-order chi connectivity index (χ1) is 36.7. The Hall–Kier alpha value is -9.97. The highest BCUT2D eigenvalue weighted by atomic mass is 15.0. The summed E-state index contributed by atoms with van der Waals surface area (Å²) in [5.41, 5.74) is 13.9. The van der Waals surface area contributed by atoms with Gasteiger partial charge in [0.1, 0.15) is 0 Å². The van der Waals surface area contributed by atoms with Gasteiger partial charge in [-0.15, -0.1) is 0 Å². The second-order valence-corrected chi connectivity index (χ2v) is 19.1. The number of nitrogens with zero attached hydrogens (tertiary/aromatic N) is 5. The lowest BCUT2D eigenvalue weighted by atomic mass is 9.92. The van der Waals surface area contributed by atoms with Crippen LogP contribution in [0.3, 0.4) is 0 Å². The highest BCUT2D eigenvalue weighted by Gasteiger charge is 2.25. The second-order valence-electron chi connectivity index (χ2n) is 19.1. The molecule has 0 aliphatic carbocycles. The third kappa shape index (κ3) is 6.68. The van der Waals surface area contributed by atoms with Gasteiger partial charge in [-0.25, -0.2) is 15.0 Å². The third-order valence-electron chi connectivity index (χ3n) is 14.9. The quantitative estimate of drug-likeness (QED) is 0.160. The number of rotatable bonds is 7. The van der Waals surface area contributed by atoms with Crippen molar-refractivity contribution in [2.45, 2.75) is 0 Å². The predicted octanol–water partition coefficient (Wildman–Crippen LogP) is 17.9. The van der Waals surface area contributed by atoms with Crippen LogP contribution in [-0.2, 0) is 0 Å². The molecule has 0 saturated heterocycles. The Morgan fingerprint density at radius 2 is 0.770 bits per heavy atom. The monoisotopic (exact) mass is 941 g/mol. The first-order valence-electron chi connectivity index (χ1n) is 25.2. The number of aromatic nitrogens is 5. The molecule has 0 saturated carbocycles. The van der Waals surface area contributed by atoms with E-state index in [1.165, 1.54) is 48.7 Å². The van der Waals surface area contributed by atoms with Gasteiger partial charge in [-0.1, -0.05) is 212 Å². The van der Waals surface area contributed by atoms with Gasteiger partial charge in [0.15, 0.2) is 17.5 Å². The Morgan fingerprint density at radius 3 is 1.53 bits per heavy atom. The van der Waals surface area contributed by atoms with Gasteiger partial charge >= 0.3 is 0 Å². The van der Waals surface area contributed by atoms with Gasteiger partial charge in [-0.3, -0.25) is 0 Å². The van der Waals surface area contributed by atoms with Crippen molar-refractivity contribution in [3.8, 4) is 67.8 Å². The van der Waals surface area contributed by atoms with Crippen LogP contribution in [0.4, 0.5) is 0 Å². The molecule has 344 valence electrons. The average Bonchev–Trinajstić information content (AvgIpc) is 3.99. The van der Waals surface area contributed by atoms with Crippen LogP contribution < -0.4 is 0 Å². The molecule has 74 heavy (non-hydrogen) atoms. The normalized spacial score (nSPS) is 11.8. The Balaban J connectivity index is 1.03. The summed E-state index contributed by atoms with van der Waals surface area (Å²) in [5, 5.41) is 11.8. The van der Waals surface area contributed by atoms with Crippen LogP contribution in [0.1, 0.15) is 0 Å². The van der Waals surface area contributed by atoms with Gasteiger partial charge in [0.05, 0.1) is 27.8 Å². The molecule has 5 heteroatoms. The van der Waals surface area contributed by atoms with E-state index in [1.54, 1.807) is 0 Å². The van der Waals surface area contributed by atoms with Gasteiger partial charge in [0.25, 0.3) is 0 Å². The summed E-state index contributed by atoms with van der Waals surface area (Å²) >= 11 is 0. The highest BCUT2D eigenvalue weighted by molar-refractivity contribution is 6.24. The van der Waals surface area contributed by atoms with E-state index in [0.29, 0.717) is 17.5 Å². The van der Waals surface area contributed by atoms with E-state index in [2.05, 4.69) is 252 Å². The fourth-order valence-corrected chi connectivity index (χ4v) is 11.5. The molecule has 0 amide bonds. The van der Waals surface area contributed by atoms with E-state index in [9.17, 15) is 0 Å². The highest BCUT2D eigenvalue weighted by Crippen LogP contribution is 2.46. The Morgan fingerprint density at radius 1 is 0.243 bits per heavy atom. The van der Waals surface area contributed by atoms with Gasteiger partial charge in [0.2, 0.25) is 0 Å². The molecule has 15 aromatic rings. The predicted molar refractivity (Wildman–Crippen MR) is 308 cm³/mol. The van der Waals surface area contributed by atoms with E-state index < -0.39 is 0 Å². The van der Waals surface area contributed by atoms with Crippen LogP contribution in [0.25, 0.3) is 144 Å². The van der Waals surface area contributed by atoms with E-state index >= 15 is 0 Å². The molecule has 0 bridgehead atoms. The topological polar surface area (TPSA) is 48.5 Å². The first kappa shape index (κ1) is 41.8. The zero-order valence-electron chi connectivity index (χ0n) is 40.1. The van der Waals surface area contributed by atoms with Crippen LogP contribution in [0, 0.1) is 0 Å². The fraction of sp³-hybridized carbons (Fsp3) is 0. The van der Waals surface area contributed by atoms with Crippen LogP contribution in [-0.4, -0.2) is 24.1 Å². The summed E-state index contributed by atoms with van der Waals surface area (Å²) in [4.78, 5) is 16.3. The molecule has 3 heterocycles. The lowest BCUT2D eigenvalue weighted by molar-refractivity contribution is 1.08. The van der Waals surface area contributed by atoms with Crippen LogP contribution in [0.5, 0.6) is 0 Å². The molecule has 3 aromatic heterocycles. The molecule has 0 N–H and O–H groups in total. The molecule has 15 rings (SSSR count). The maximum Gasteiger partial charge on any atom is 0.164 e. The minimum absolute atomic E-state index is 0.599. The molecule has 0 spiro atoms. The van der Waals surface area contributed by atoms with E-state index in [-0.39, 0.29) is 0 Å². The standard InChI is InChI=1S/C69H43N5/c1-4-18-44(19-5-1)45-32-34-47(35-33-45)58-43-59(54-28-14-15-30-57(54)66(58)74-62-39-37-46-20-12-13-27-53(46)65(62)60-40-49-23-10-11-24-50(49)41-64(60)74)69-71-67(48-21-6-2-7-22-48)70-68(72-69)51-36-38-56-55-29-16-17-31-61(55)73(63(56)42-51)52-25-8-3-9-26-52/h1-43H. The van der Waals surface area contributed by atoms with E-state index in [1.807, 2.05) is 18.2 Å². The van der Waals surface area contributed by atoms with Gasteiger partial charge in [-0.05, 0) is 92.2 Å². The largest absolute Gasteiger partial charge is 0.309 e. The molecule has 0 atom stereocenters. The summed E-state index contributed by atoms with van der Waals surface area (Å²) in [5.74, 6) is 1.81. The zero-order chi connectivity index (χ0) is 48.7. The second kappa shape index (κ2) is 16.8.